The highest BCUT2D eigenvalue weighted by Gasteiger charge is 2.45. The number of aryl methyl sites for hydroxylation is 1. The summed E-state index contributed by atoms with van der Waals surface area (Å²) in [5.74, 6) is 0. The van der Waals surface area contributed by atoms with Gasteiger partial charge in [-0.2, -0.15) is 0 Å². The van der Waals surface area contributed by atoms with Crippen LogP contribution in [0.5, 0.6) is 0 Å². The van der Waals surface area contributed by atoms with Gasteiger partial charge >= 0.3 is 6.03 Å². The van der Waals surface area contributed by atoms with Crippen LogP contribution in [0, 0.1) is 6.92 Å². The first kappa shape index (κ1) is 16.5. The van der Waals surface area contributed by atoms with Gasteiger partial charge in [-0.25, -0.2) is 4.79 Å². The topological polar surface area (TPSA) is 61.4 Å². The molecule has 0 aromatic heterocycles. The highest BCUT2D eigenvalue weighted by Crippen LogP contribution is 2.48. The van der Waals surface area contributed by atoms with E-state index in [0.717, 1.165) is 18.4 Å². The smallest absolute Gasteiger partial charge is 0.315 e. The molecule has 0 radical (unpaired) electrons. The van der Waals surface area contributed by atoms with Gasteiger partial charge in [0.25, 0.3) is 0 Å². The van der Waals surface area contributed by atoms with Gasteiger partial charge in [0.05, 0.1) is 12.6 Å². The lowest BCUT2D eigenvalue weighted by Crippen LogP contribution is -2.42. The summed E-state index contributed by atoms with van der Waals surface area (Å²) in [4.78, 5) is 12.2. The molecular formula is C20H24N2O2. The Hall–Kier alpha value is -2.33. The van der Waals surface area contributed by atoms with E-state index in [1.54, 1.807) is 0 Å². The molecule has 0 aliphatic heterocycles. The maximum Gasteiger partial charge on any atom is 0.315 e. The summed E-state index contributed by atoms with van der Waals surface area (Å²) in [5, 5.41) is 15.4. The predicted molar refractivity (Wildman–Crippen MR) is 94.9 cm³/mol. The third-order valence-electron chi connectivity index (χ3n) is 4.85. The molecule has 0 heterocycles. The molecule has 1 aliphatic carbocycles. The Kier molecular flexibility index (Phi) is 4.86. The van der Waals surface area contributed by atoms with Crippen LogP contribution in [0.1, 0.15) is 35.6 Å². The van der Waals surface area contributed by atoms with Crippen molar-refractivity contribution in [1.82, 2.24) is 10.6 Å². The first-order valence-electron chi connectivity index (χ1n) is 8.41. The van der Waals surface area contributed by atoms with Crippen LogP contribution in [-0.2, 0) is 5.41 Å². The van der Waals surface area contributed by atoms with Crippen LogP contribution >= 0.6 is 0 Å². The van der Waals surface area contributed by atoms with Crippen LogP contribution in [-0.4, -0.2) is 24.3 Å². The summed E-state index contributed by atoms with van der Waals surface area (Å²) < 4.78 is 0. The monoisotopic (exact) mass is 324 g/mol. The molecule has 4 nitrogen and oxygen atoms in total. The van der Waals surface area contributed by atoms with Crippen LogP contribution in [0.3, 0.4) is 0 Å². The number of hydrogen-bond donors (Lipinski definition) is 3. The number of nitrogens with one attached hydrogen (secondary N) is 2. The van der Waals surface area contributed by atoms with Crippen molar-refractivity contribution in [3.05, 3.63) is 71.3 Å². The zero-order valence-corrected chi connectivity index (χ0v) is 14.0. The molecule has 0 saturated heterocycles. The number of benzene rings is 2. The van der Waals surface area contributed by atoms with Gasteiger partial charge in [0.1, 0.15) is 0 Å². The number of aliphatic hydroxyl groups excluding tert-OH is 1. The second-order valence-corrected chi connectivity index (χ2v) is 6.57. The number of aliphatic hydroxyl groups is 1. The Balaban J connectivity index is 1.59. The number of hydrogen-bond acceptors (Lipinski definition) is 2. The van der Waals surface area contributed by atoms with E-state index in [-0.39, 0.29) is 24.1 Å². The SMILES string of the molecule is Cc1ccccc1C1(CNC(=O)NC(CO)c2ccccc2)CC1. The van der Waals surface area contributed by atoms with Gasteiger partial charge in [-0.3, -0.25) is 0 Å². The van der Waals surface area contributed by atoms with E-state index in [0.29, 0.717) is 6.54 Å². The fourth-order valence-corrected chi connectivity index (χ4v) is 3.24. The van der Waals surface area contributed by atoms with E-state index in [9.17, 15) is 9.90 Å². The lowest BCUT2D eigenvalue weighted by atomic mass is 9.92. The van der Waals surface area contributed by atoms with Crippen molar-refractivity contribution in [2.45, 2.75) is 31.2 Å². The second-order valence-electron chi connectivity index (χ2n) is 6.57. The predicted octanol–water partition coefficient (Wildman–Crippen LogP) is 3.06. The van der Waals surface area contributed by atoms with E-state index >= 15 is 0 Å². The van der Waals surface area contributed by atoms with E-state index in [1.165, 1.54) is 11.1 Å². The van der Waals surface area contributed by atoms with E-state index < -0.39 is 0 Å². The molecule has 1 fully saturated rings. The average Bonchev–Trinajstić information content (AvgIpc) is 3.40. The molecule has 1 aliphatic rings. The van der Waals surface area contributed by atoms with Crippen molar-refractivity contribution in [3.63, 3.8) is 0 Å². The fourth-order valence-electron chi connectivity index (χ4n) is 3.24. The van der Waals surface area contributed by atoms with Gasteiger partial charge in [-0.15, -0.1) is 0 Å². The molecule has 3 N–H and O–H groups in total. The van der Waals surface area contributed by atoms with Gasteiger partial charge in [-0.05, 0) is 36.5 Å². The number of amides is 2. The zero-order chi connectivity index (χ0) is 17.0. The van der Waals surface area contributed by atoms with Gasteiger partial charge in [0, 0.05) is 12.0 Å². The Labute approximate surface area is 142 Å². The first-order chi connectivity index (χ1) is 11.6. The molecule has 126 valence electrons. The molecule has 1 unspecified atom stereocenters. The van der Waals surface area contributed by atoms with E-state index in [1.807, 2.05) is 36.4 Å². The van der Waals surface area contributed by atoms with Crippen molar-refractivity contribution in [2.24, 2.45) is 0 Å². The largest absolute Gasteiger partial charge is 0.394 e. The number of urea groups is 1. The van der Waals surface area contributed by atoms with Crippen molar-refractivity contribution in [1.29, 1.82) is 0 Å². The summed E-state index contributed by atoms with van der Waals surface area (Å²) >= 11 is 0. The molecule has 3 rings (SSSR count). The maximum atomic E-state index is 12.2. The van der Waals surface area contributed by atoms with Crippen LogP contribution in [0.15, 0.2) is 54.6 Å². The second kappa shape index (κ2) is 7.05. The lowest BCUT2D eigenvalue weighted by molar-refractivity contribution is 0.216. The van der Waals surface area contributed by atoms with Crippen LogP contribution < -0.4 is 10.6 Å². The fraction of sp³-hybridized carbons (Fsp3) is 0.350. The first-order valence-corrected chi connectivity index (χ1v) is 8.41. The Bertz CT molecular complexity index is 696. The molecule has 0 bridgehead atoms. The summed E-state index contributed by atoms with van der Waals surface area (Å²) in [5.41, 5.74) is 3.57. The average molecular weight is 324 g/mol. The van der Waals surface area contributed by atoms with E-state index in [2.05, 4.69) is 35.8 Å². The lowest BCUT2D eigenvalue weighted by Gasteiger charge is -2.21. The maximum absolute atomic E-state index is 12.2. The Morgan fingerprint density at radius 2 is 1.79 bits per heavy atom. The quantitative estimate of drug-likeness (QED) is 0.765. The van der Waals surface area contributed by atoms with Crippen molar-refractivity contribution in [2.75, 3.05) is 13.2 Å². The molecular weight excluding hydrogens is 300 g/mol. The molecule has 2 amide bonds. The normalized spacial score (nSPS) is 16.2. The highest BCUT2D eigenvalue weighted by atomic mass is 16.3. The number of carbonyl (C=O) groups is 1. The molecule has 2 aromatic carbocycles. The Morgan fingerprint density at radius 3 is 2.42 bits per heavy atom. The van der Waals surface area contributed by atoms with Gasteiger partial charge in [-0.1, -0.05) is 54.6 Å². The molecule has 4 heteroatoms. The molecule has 2 aromatic rings. The number of rotatable bonds is 6. The van der Waals surface area contributed by atoms with Crippen LogP contribution in [0.2, 0.25) is 0 Å². The van der Waals surface area contributed by atoms with Crippen LogP contribution in [0.25, 0.3) is 0 Å². The summed E-state index contributed by atoms with van der Waals surface area (Å²) in [6.45, 7) is 2.61. The van der Waals surface area contributed by atoms with Crippen LogP contribution in [0.4, 0.5) is 4.79 Å². The Morgan fingerprint density at radius 1 is 1.12 bits per heavy atom. The van der Waals surface area contributed by atoms with Gasteiger partial charge < -0.3 is 15.7 Å². The van der Waals surface area contributed by atoms with E-state index in [4.69, 9.17) is 0 Å². The molecule has 1 atom stereocenters. The molecule has 24 heavy (non-hydrogen) atoms. The minimum atomic E-state index is -0.389. The van der Waals surface area contributed by atoms with Gasteiger partial charge in [0.2, 0.25) is 0 Å². The van der Waals surface area contributed by atoms with Crippen molar-refractivity contribution in [3.8, 4) is 0 Å². The third-order valence-corrected chi connectivity index (χ3v) is 4.85. The third kappa shape index (κ3) is 3.60. The summed E-state index contributed by atoms with van der Waals surface area (Å²) in [7, 11) is 0. The van der Waals surface area contributed by atoms with Crippen molar-refractivity contribution < 1.29 is 9.90 Å². The van der Waals surface area contributed by atoms with Gasteiger partial charge in [0.15, 0.2) is 0 Å². The minimum absolute atomic E-state index is 0.0736. The minimum Gasteiger partial charge on any atom is -0.394 e. The summed E-state index contributed by atoms with van der Waals surface area (Å²) in [6.07, 6.45) is 2.19. The highest BCUT2D eigenvalue weighted by molar-refractivity contribution is 5.74. The molecule has 0 spiro atoms. The van der Waals surface area contributed by atoms with Crippen molar-refractivity contribution >= 4 is 6.03 Å². The standard InChI is InChI=1S/C20H24N2O2/c1-15-7-5-6-10-17(15)20(11-12-20)14-21-19(24)22-18(13-23)16-8-3-2-4-9-16/h2-10,18,23H,11-14H2,1H3,(H2,21,22,24). The number of carbonyl (C=O) groups excluding carboxylic acids is 1. The molecule has 1 saturated carbocycles. The summed E-state index contributed by atoms with van der Waals surface area (Å²) in [6, 6.07) is 17.3. The zero-order valence-electron chi connectivity index (χ0n) is 14.0.